The quantitative estimate of drug-likeness (QED) is 0.596. The Kier molecular flexibility index (Phi) is 5.57. The molecule has 5 nitrogen and oxygen atoms in total. The fourth-order valence-corrected chi connectivity index (χ4v) is 4.82. The molecule has 6 heteroatoms. The number of benzene rings is 1. The highest BCUT2D eigenvalue weighted by Crippen LogP contribution is 2.29. The first-order chi connectivity index (χ1) is 13.6. The third-order valence-corrected chi connectivity index (χ3v) is 6.59. The van der Waals surface area contributed by atoms with Gasteiger partial charge in [-0.1, -0.05) is 36.8 Å². The normalized spacial score (nSPS) is 15.0. The standard InChI is InChI=1S/C22H24N2O3S/c1-15-18-20(28-19(15)22(26)27-17-10-6-3-7-11-17)23-14-24(21(18)25)13-12-16-8-4-2-5-9-16/h2,4-5,8-9,14,17H,3,6-7,10-13H2,1H3. The second-order valence-electron chi connectivity index (χ2n) is 7.38. The van der Waals surface area contributed by atoms with Gasteiger partial charge in [0.2, 0.25) is 0 Å². The number of carbonyl (C=O) groups excluding carboxylic acids is 1. The molecule has 0 saturated heterocycles. The maximum absolute atomic E-state index is 13.0. The minimum absolute atomic E-state index is 0.00125. The van der Waals surface area contributed by atoms with E-state index in [4.69, 9.17) is 4.74 Å². The van der Waals surface area contributed by atoms with Crippen LogP contribution in [0, 0.1) is 6.92 Å². The monoisotopic (exact) mass is 396 g/mol. The van der Waals surface area contributed by atoms with E-state index in [1.165, 1.54) is 23.3 Å². The number of aryl methyl sites for hydroxylation is 3. The SMILES string of the molecule is Cc1c(C(=O)OC2CCCCC2)sc2ncn(CCc3ccccc3)c(=O)c12. The molecular formula is C22H24N2O3S. The lowest BCUT2D eigenvalue weighted by atomic mass is 9.98. The van der Waals surface area contributed by atoms with Crippen LogP contribution >= 0.6 is 11.3 Å². The molecule has 2 aromatic heterocycles. The summed E-state index contributed by atoms with van der Waals surface area (Å²) in [5, 5.41) is 0.538. The third kappa shape index (κ3) is 3.87. The Morgan fingerprint density at radius 1 is 1.21 bits per heavy atom. The Morgan fingerprint density at radius 3 is 2.71 bits per heavy atom. The van der Waals surface area contributed by atoms with Crippen molar-refractivity contribution in [1.82, 2.24) is 9.55 Å². The average molecular weight is 397 g/mol. The molecular weight excluding hydrogens is 372 g/mol. The molecule has 0 N–H and O–H groups in total. The van der Waals surface area contributed by atoms with Crippen molar-refractivity contribution in [2.75, 3.05) is 0 Å². The van der Waals surface area contributed by atoms with Crippen LogP contribution in [0.3, 0.4) is 0 Å². The number of carbonyl (C=O) groups is 1. The number of fused-ring (bicyclic) bond motifs is 1. The van der Waals surface area contributed by atoms with E-state index < -0.39 is 0 Å². The molecule has 1 aliphatic rings. The molecule has 0 aliphatic heterocycles. The second kappa shape index (κ2) is 8.27. The van der Waals surface area contributed by atoms with E-state index in [0.717, 1.165) is 32.1 Å². The zero-order chi connectivity index (χ0) is 19.5. The van der Waals surface area contributed by atoms with Gasteiger partial charge in [-0.15, -0.1) is 11.3 Å². The van der Waals surface area contributed by atoms with Gasteiger partial charge in [0.15, 0.2) is 0 Å². The molecule has 0 unspecified atom stereocenters. The first-order valence-electron chi connectivity index (χ1n) is 9.87. The predicted molar refractivity (Wildman–Crippen MR) is 111 cm³/mol. The highest BCUT2D eigenvalue weighted by Gasteiger charge is 2.24. The second-order valence-corrected chi connectivity index (χ2v) is 8.38. The van der Waals surface area contributed by atoms with Crippen molar-refractivity contribution in [2.24, 2.45) is 0 Å². The smallest absolute Gasteiger partial charge is 0.348 e. The molecule has 146 valence electrons. The number of esters is 1. The van der Waals surface area contributed by atoms with E-state index in [9.17, 15) is 9.59 Å². The third-order valence-electron chi connectivity index (χ3n) is 5.41. The van der Waals surface area contributed by atoms with Crippen LogP contribution in [0.2, 0.25) is 0 Å². The van der Waals surface area contributed by atoms with E-state index in [1.54, 1.807) is 10.9 Å². The average Bonchev–Trinajstić information content (AvgIpc) is 3.06. The number of thiophene rings is 1. The predicted octanol–water partition coefficient (Wildman–Crippen LogP) is 4.50. The van der Waals surface area contributed by atoms with Crippen LogP contribution in [0.5, 0.6) is 0 Å². The summed E-state index contributed by atoms with van der Waals surface area (Å²) in [5.41, 5.74) is 1.77. The van der Waals surface area contributed by atoms with Gasteiger partial charge in [0.05, 0.1) is 11.7 Å². The molecule has 28 heavy (non-hydrogen) atoms. The van der Waals surface area contributed by atoms with Gasteiger partial charge in [-0.05, 0) is 50.2 Å². The zero-order valence-corrected chi connectivity index (χ0v) is 16.8. The Hall–Kier alpha value is -2.47. The van der Waals surface area contributed by atoms with Gasteiger partial charge in [-0.2, -0.15) is 0 Å². The van der Waals surface area contributed by atoms with Crippen LogP contribution in [0.4, 0.5) is 0 Å². The summed E-state index contributed by atoms with van der Waals surface area (Å²) in [6, 6.07) is 10.1. The molecule has 0 bridgehead atoms. The van der Waals surface area contributed by atoms with Crippen molar-refractivity contribution in [3.63, 3.8) is 0 Å². The Bertz CT molecular complexity index is 1030. The molecule has 1 aromatic carbocycles. The molecule has 3 aromatic rings. The summed E-state index contributed by atoms with van der Waals surface area (Å²) < 4.78 is 7.33. The first-order valence-corrected chi connectivity index (χ1v) is 10.7. The summed E-state index contributed by atoms with van der Waals surface area (Å²) >= 11 is 1.26. The van der Waals surface area contributed by atoms with E-state index in [2.05, 4.69) is 4.98 Å². The van der Waals surface area contributed by atoms with Gasteiger partial charge in [0.1, 0.15) is 15.8 Å². The van der Waals surface area contributed by atoms with Gasteiger partial charge in [0, 0.05) is 6.54 Å². The summed E-state index contributed by atoms with van der Waals surface area (Å²) in [4.78, 5) is 31.2. The van der Waals surface area contributed by atoms with Crippen LogP contribution in [-0.4, -0.2) is 21.6 Å². The van der Waals surface area contributed by atoms with Crippen LogP contribution in [0.15, 0.2) is 41.5 Å². The lowest BCUT2D eigenvalue weighted by molar-refractivity contribution is 0.0216. The van der Waals surface area contributed by atoms with Crippen LogP contribution in [0.25, 0.3) is 10.2 Å². The molecule has 0 amide bonds. The van der Waals surface area contributed by atoms with Crippen molar-refractivity contribution in [1.29, 1.82) is 0 Å². The molecule has 0 atom stereocenters. The van der Waals surface area contributed by atoms with Gasteiger partial charge in [-0.25, -0.2) is 9.78 Å². The number of aromatic nitrogens is 2. The molecule has 1 saturated carbocycles. The maximum atomic E-state index is 13.0. The minimum atomic E-state index is -0.317. The van der Waals surface area contributed by atoms with Gasteiger partial charge < -0.3 is 4.74 Å². The van der Waals surface area contributed by atoms with Crippen LogP contribution in [0.1, 0.15) is 52.9 Å². The van der Waals surface area contributed by atoms with E-state index in [1.807, 2.05) is 37.3 Å². The van der Waals surface area contributed by atoms with Crippen LogP contribution in [-0.2, 0) is 17.7 Å². The Balaban J connectivity index is 1.57. The molecule has 1 fully saturated rings. The summed E-state index contributed by atoms with van der Waals surface area (Å²) in [6.45, 7) is 2.38. The molecule has 4 rings (SSSR count). The summed E-state index contributed by atoms with van der Waals surface area (Å²) in [7, 11) is 0. The van der Waals surface area contributed by atoms with Gasteiger partial charge >= 0.3 is 5.97 Å². The highest BCUT2D eigenvalue weighted by atomic mass is 32.1. The molecule has 0 radical (unpaired) electrons. The minimum Gasteiger partial charge on any atom is -0.458 e. The number of rotatable bonds is 5. The summed E-state index contributed by atoms with van der Waals surface area (Å²) in [5.74, 6) is -0.317. The molecule has 2 heterocycles. The highest BCUT2D eigenvalue weighted by molar-refractivity contribution is 7.20. The van der Waals surface area contributed by atoms with Crippen molar-refractivity contribution in [2.45, 2.75) is 58.1 Å². The fourth-order valence-electron chi connectivity index (χ4n) is 3.80. The Labute approximate surface area is 168 Å². The lowest BCUT2D eigenvalue weighted by Gasteiger charge is -2.21. The van der Waals surface area contributed by atoms with Crippen LogP contribution < -0.4 is 5.56 Å². The van der Waals surface area contributed by atoms with Crippen molar-refractivity contribution < 1.29 is 9.53 Å². The fraction of sp³-hybridized carbons (Fsp3) is 0.409. The van der Waals surface area contributed by atoms with Crippen molar-refractivity contribution in [3.05, 3.63) is 63.0 Å². The van der Waals surface area contributed by atoms with Gasteiger partial charge in [-0.3, -0.25) is 9.36 Å². The van der Waals surface area contributed by atoms with Gasteiger partial charge in [0.25, 0.3) is 5.56 Å². The molecule has 0 spiro atoms. The largest absolute Gasteiger partial charge is 0.458 e. The molecule has 1 aliphatic carbocycles. The number of nitrogens with zero attached hydrogens (tertiary/aromatic N) is 2. The topological polar surface area (TPSA) is 61.2 Å². The zero-order valence-electron chi connectivity index (χ0n) is 16.0. The lowest BCUT2D eigenvalue weighted by Crippen LogP contribution is -2.22. The number of ether oxygens (including phenoxy) is 1. The van der Waals surface area contributed by atoms with E-state index in [-0.39, 0.29) is 17.6 Å². The van der Waals surface area contributed by atoms with Crippen molar-refractivity contribution in [3.8, 4) is 0 Å². The number of hydrogen-bond donors (Lipinski definition) is 0. The van der Waals surface area contributed by atoms with E-state index in [0.29, 0.717) is 27.2 Å². The van der Waals surface area contributed by atoms with Crippen molar-refractivity contribution >= 4 is 27.5 Å². The number of hydrogen-bond acceptors (Lipinski definition) is 5. The van der Waals surface area contributed by atoms with E-state index >= 15 is 0 Å². The summed E-state index contributed by atoms with van der Waals surface area (Å²) in [6.07, 6.45) is 7.63. The maximum Gasteiger partial charge on any atom is 0.348 e. The first kappa shape index (κ1) is 18.9. The Morgan fingerprint density at radius 2 is 1.96 bits per heavy atom.